The number of benzene rings is 1. The van der Waals surface area contributed by atoms with Crippen molar-refractivity contribution < 1.29 is 19.5 Å². The van der Waals surface area contributed by atoms with Crippen LogP contribution in [0.1, 0.15) is 13.8 Å². The Morgan fingerprint density at radius 1 is 1.05 bits per heavy atom. The lowest BCUT2D eigenvalue weighted by Gasteiger charge is -2.08. The largest absolute Gasteiger partial charge is 0.478 e. The molecule has 0 heterocycles. The number of carbonyl (C=O) groups is 3. The number of carboxylic acid groups (broad SMARTS) is 1. The lowest BCUT2D eigenvalue weighted by molar-refractivity contribution is -0.133. The molecule has 3 amide bonds. The maximum absolute atomic E-state index is 11.7. The minimum Gasteiger partial charge on any atom is -0.478 e. The number of aliphatic carboxylic acids is 1. The molecule has 21 heavy (non-hydrogen) atoms. The molecule has 0 aromatic heterocycles. The van der Waals surface area contributed by atoms with Crippen molar-refractivity contribution >= 4 is 35.4 Å². The molecule has 7 heteroatoms. The molecule has 3 N–H and O–H groups in total. The van der Waals surface area contributed by atoms with Crippen molar-refractivity contribution in [2.45, 2.75) is 18.7 Å². The van der Waals surface area contributed by atoms with Crippen molar-refractivity contribution in [2.75, 3.05) is 11.6 Å². The molecule has 0 aliphatic carbocycles. The van der Waals surface area contributed by atoms with Gasteiger partial charge in [0.05, 0.1) is 0 Å². The average molecular weight is 308 g/mol. The molecule has 0 spiro atoms. The summed E-state index contributed by atoms with van der Waals surface area (Å²) in [4.78, 5) is 35.1. The lowest BCUT2D eigenvalue weighted by Crippen LogP contribution is -2.35. The van der Waals surface area contributed by atoms with Crippen LogP contribution in [0.5, 0.6) is 0 Å². The molecule has 112 valence electrons. The van der Waals surface area contributed by atoms with Crippen LogP contribution in [0.25, 0.3) is 0 Å². The van der Waals surface area contributed by atoms with Crippen molar-refractivity contribution in [1.29, 1.82) is 0 Å². The van der Waals surface area contributed by atoms with E-state index in [1.54, 1.807) is 23.9 Å². The first kappa shape index (κ1) is 16.8. The summed E-state index contributed by atoms with van der Waals surface area (Å²) in [7, 11) is 0. The van der Waals surface area contributed by atoms with E-state index < -0.39 is 17.9 Å². The van der Waals surface area contributed by atoms with Gasteiger partial charge in [-0.15, -0.1) is 11.8 Å². The second kappa shape index (κ2) is 7.49. The van der Waals surface area contributed by atoms with Gasteiger partial charge in [0.1, 0.15) is 0 Å². The van der Waals surface area contributed by atoms with E-state index in [1.807, 2.05) is 18.4 Å². The Balaban J connectivity index is 2.67. The van der Waals surface area contributed by atoms with E-state index in [-0.39, 0.29) is 11.1 Å². The zero-order chi connectivity index (χ0) is 16.0. The number of carbonyl (C=O) groups excluding carboxylic acids is 2. The number of rotatable bonds is 4. The van der Waals surface area contributed by atoms with Crippen molar-refractivity contribution in [3.63, 3.8) is 0 Å². The molecule has 0 radical (unpaired) electrons. The number of imide groups is 1. The first-order valence-electron chi connectivity index (χ1n) is 6.02. The Bertz CT molecular complexity index is 593. The smallest absolute Gasteiger partial charge is 0.331 e. The maximum Gasteiger partial charge on any atom is 0.331 e. The van der Waals surface area contributed by atoms with Crippen LogP contribution in [0, 0.1) is 0 Å². The van der Waals surface area contributed by atoms with E-state index in [0.29, 0.717) is 5.69 Å². The van der Waals surface area contributed by atoms with Crippen LogP contribution < -0.4 is 10.6 Å². The molecule has 1 aromatic rings. The summed E-state index contributed by atoms with van der Waals surface area (Å²) in [6.45, 7) is 2.65. The molecular formula is C14H16N2O4S. The highest BCUT2D eigenvalue weighted by molar-refractivity contribution is 7.98. The third-order valence-electron chi connectivity index (χ3n) is 2.80. The third kappa shape index (κ3) is 4.96. The van der Waals surface area contributed by atoms with Crippen LogP contribution in [0.4, 0.5) is 10.5 Å². The maximum atomic E-state index is 11.7. The van der Waals surface area contributed by atoms with Crippen LogP contribution in [0.2, 0.25) is 0 Å². The molecular weight excluding hydrogens is 292 g/mol. The fourth-order valence-electron chi connectivity index (χ4n) is 1.36. The summed E-state index contributed by atoms with van der Waals surface area (Å²) in [5, 5.41) is 13.4. The molecule has 0 atom stereocenters. The van der Waals surface area contributed by atoms with E-state index in [4.69, 9.17) is 5.11 Å². The van der Waals surface area contributed by atoms with Crippen molar-refractivity contribution in [2.24, 2.45) is 0 Å². The SMILES string of the molecule is CSc1ccc(NC(=O)NC(=O)C(C)=C(C)C(=O)O)cc1. The second-order valence-corrected chi connectivity index (χ2v) is 5.07. The highest BCUT2D eigenvalue weighted by Gasteiger charge is 2.15. The number of thioether (sulfide) groups is 1. The molecule has 6 nitrogen and oxygen atoms in total. The zero-order valence-electron chi connectivity index (χ0n) is 11.9. The fraction of sp³-hybridized carbons (Fsp3) is 0.214. The highest BCUT2D eigenvalue weighted by Crippen LogP contribution is 2.17. The van der Waals surface area contributed by atoms with Crippen molar-refractivity contribution in [3.8, 4) is 0 Å². The molecule has 0 saturated heterocycles. The van der Waals surface area contributed by atoms with E-state index in [9.17, 15) is 14.4 Å². The lowest BCUT2D eigenvalue weighted by atomic mass is 10.1. The van der Waals surface area contributed by atoms with Gasteiger partial charge in [0.15, 0.2) is 0 Å². The van der Waals surface area contributed by atoms with Gasteiger partial charge in [0.2, 0.25) is 0 Å². The Hall–Kier alpha value is -2.28. The molecule has 0 bridgehead atoms. The average Bonchev–Trinajstić information content (AvgIpc) is 2.46. The fourth-order valence-corrected chi connectivity index (χ4v) is 1.77. The Morgan fingerprint density at radius 2 is 1.62 bits per heavy atom. The Labute approximate surface area is 126 Å². The molecule has 0 unspecified atom stereocenters. The normalized spacial score (nSPS) is 11.4. The van der Waals surface area contributed by atoms with Crippen LogP contribution >= 0.6 is 11.8 Å². The Morgan fingerprint density at radius 3 is 2.10 bits per heavy atom. The molecule has 0 saturated carbocycles. The number of hydrogen-bond donors (Lipinski definition) is 3. The predicted molar refractivity (Wildman–Crippen MR) is 81.4 cm³/mol. The third-order valence-corrected chi connectivity index (χ3v) is 3.54. The van der Waals surface area contributed by atoms with Gasteiger partial charge < -0.3 is 10.4 Å². The Kier molecular flexibility index (Phi) is 5.98. The number of carboxylic acids is 1. The zero-order valence-corrected chi connectivity index (χ0v) is 12.7. The van der Waals surface area contributed by atoms with Gasteiger partial charge in [0.25, 0.3) is 5.91 Å². The standard InChI is InChI=1S/C14H16N2O4S/c1-8(9(2)13(18)19)12(17)16-14(20)15-10-4-6-11(21-3)7-5-10/h4-7H,1-3H3,(H,18,19)(H2,15,16,17,20). The van der Waals surface area contributed by atoms with Crippen LogP contribution in [-0.2, 0) is 9.59 Å². The number of hydrogen-bond acceptors (Lipinski definition) is 4. The first-order valence-corrected chi connectivity index (χ1v) is 7.24. The summed E-state index contributed by atoms with van der Waals surface area (Å²) >= 11 is 1.57. The highest BCUT2D eigenvalue weighted by atomic mass is 32.2. The van der Waals surface area contributed by atoms with Crippen LogP contribution in [0.15, 0.2) is 40.3 Å². The summed E-state index contributed by atoms with van der Waals surface area (Å²) in [5.74, 6) is -1.94. The van der Waals surface area contributed by atoms with Crippen LogP contribution in [-0.4, -0.2) is 29.3 Å². The quantitative estimate of drug-likeness (QED) is 0.586. The minimum atomic E-state index is -1.20. The minimum absolute atomic E-state index is 0.0182. The van der Waals surface area contributed by atoms with E-state index in [0.717, 1.165) is 4.90 Å². The van der Waals surface area contributed by atoms with E-state index >= 15 is 0 Å². The summed E-state index contributed by atoms with van der Waals surface area (Å²) in [6, 6.07) is 6.38. The number of nitrogens with one attached hydrogen (secondary N) is 2. The summed E-state index contributed by atoms with van der Waals surface area (Å²) in [6.07, 6.45) is 1.94. The van der Waals surface area contributed by atoms with Gasteiger partial charge in [-0.25, -0.2) is 9.59 Å². The van der Waals surface area contributed by atoms with Crippen molar-refractivity contribution in [1.82, 2.24) is 5.32 Å². The number of amides is 3. The van der Waals surface area contributed by atoms with E-state index in [1.165, 1.54) is 13.8 Å². The molecule has 0 aliphatic heterocycles. The van der Waals surface area contributed by atoms with Crippen LogP contribution in [0.3, 0.4) is 0 Å². The second-order valence-electron chi connectivity index (χ2n) is 4.19. The molecule has 1 aromatic carbocycles. The summed E-state index contributed by atoms with van der Waals surface area (Å²) < 4.78 is 0. The first-order chi connectivity index (χ1) is 9.85. The van der Waals surface area contributed by atoms with Gasteiger partial charge >= 0.3 is 12.0 Å². The molecule has 0 fully saturated rings. The number of anilines is 1. The van der Waals surface area contributed by atoms with E-state index in [2.05, 4.69) is 10.6 Å². The van der Waals surface area contributed by atoms with Gasteiger partial charge in [0, 0.05) is 21.7 Å². The molecule has 1 rings (SSSR count). The molecule has 0 aliphatic rings. The summed E-state index contributed by atoms with van der Waals surface area (Å²) in [5.41, 5.74) is 0.412. The topological polar surface area (TPSA) is 95.5 Å². The van der Waals surface area contributed by atoms with Gasteiger partial charge in [-0.2, -0.15) is 0 Å². The van der Waals surface area contributed by atoms with Gasteiger partial charge in [-0.05, 0) is 44.4 Å². The van der Waals surface area contributed by atoms with Crippen molar-refractivity contribution in [3.05, 3.63) is 35.4 Å². The monoisotopic (exact) mass is 308 g/mol. The predicted octanol–water partition coefficient (Wildman–Crippen LogP) is 2.48. The van der Waals surface area contributed by atoms with Gasteiger partial charge in [-0.3, -0.25) is 10.1 Å². The van der Waals surface area contributed by atoms with Gasteiger partial charge in [-0.1, -0.05) is 0 Å². The number of urea groups is 1.